The fourth-order valence-electron chi connectivity index (χ4n) is 3.56. The molecule has 6 nitrogen and oxygen atoms in total. The molecular weight excluding hydrogens is 424 g/mol. The maximum absolute atomic E-state index is 12.9. The minimum atomic E-state index is -3.53. The van der Waals surface area contributed by atoms with Gasteiger partial charge in [0, 0.05) is 42.8 Å². The van der Waals surface area contributed by atoms with Crippen LogP contribution in [0, 0.1) is 5.92 Å². The number of sulfonamides is 1. The summed E-state index contributed by atoms with van der Waals surface area (Å²) in [6.07, 6.45) is 1.74. The van der Waals surface area contributed by atoms with E-state index in [9.17, 15) is 13.2 Å². The first kappa shape index (κ1) is 22.6. The molecule has 2 aromatic carbocycles. The van der Waals surface area contributed by atoms with Crippen LogP contribution >= 0.6 is 11.6 Å². The first-order valence-corrected chi connectivity index (χ1v) is 11.7. The molecule has 0 spiro atoms. The predicted molar refractivity (Wildman–Crippen MR) is 117 cm³/mol. The van der Waals surface area contributed by atoms with E-state index in [4.69, 9.17) is 16.3 Å². The van der Waals surface area contributed by atoms with Gasteiger partial charge in [-0.1, -0.05) is 18.5 Å². The van der Waals surface area contributed by atoms with Crippen LogP contribution in [0.15, 0.2) is 47.4 Å². The standard InChI is InChI=1S/C22H27ClN2O4S/c1-16-10-12-25(13-11-16)30(27,28)20-7-4-17(5-8-20)22(26)24(2)15-18-14-19(23)6-9-21(18)29-3/h4-9,14,16H,10-13,15H2,1-3H3. The van der Waals surface area contributed by atoms with Crippen LogP contribution in [0.3, 0.4) is 0 Å². The van der Waals surface area contributed by atoms with Crippen molar-refractivity contribution in [3.63, 3.8) is 0 Å². The summed E-state index contributed by atoms with van der Waals surface area (Å²) in [6, 6.07) is 11.4. The van der Waals surface area contributed by atoms with Crippen LogP contribution in [-0.2, 0) is 16.6 Å². The van der Waals surface area contributed by atoms with Gasteiger partial charge in [0.1, 0.15) is 5.75 Å². The highest BCUT2D eigenvalue weighted by Gasteiger charge is 2.28. The summed E-state index contributed by atoms with van der Waals surface area (Å²) in [5.41, 5.74) is 1.21. The van der Waals surface area contributed by atoms with Gasteiger partial charge in [0.15, 0.2) is 0 Å². The van der Waals surface area contributed by atoms with Gasteiger partial charge in [0.05, 0.1) is 12.0 Å². The van der Waals surface area contributed by atoms with Crippen molar-refractivity contribution in [2.75, 3.05) is 27.2 Å². The molecule has 1 fully saturated rings. The lowest BCUT2D eigenvalue weighted by atomic mass is 10.0. The summed E-state index contributed by atoms with van der Waals surface area (Å²) in [7, 11) is -0.284. The topological polar surface area (TPSA) is 66.9 Å². The molecule has 0 unspecified atom stereocenters. The second-order valence-electron chi connectivity index (χ2n) is 7.73. The third kappa shape index (κ3) is 4.96. The Morgan fingerprint density at radius 2 is 1.80 bits per heavy atom. The third-order valence-corrected chi connectivity index (χ3v) is 7.63. The number of carbonyl (C=O) groups excluding carboxylic acids is 1. The number of rotatable bonds is 6. The van der Waals surface area contributed by atoms with Gasteiger partial charge < -0.3 is 9.64 Å². The van der Waals surface area contributed by atoms with Crippen molar-refractivity contribution in [3.05, 3.63) is 58.6 Å². The number of amides is 1. The molecule has 1 heterocycles. The summed E-state index contributed by atoms with van der Waals surface area (Å²) >= 11 is 6.07. The largest absolute Gasteiger partial charge is 0.496 e. The lowest BCUT2D eigenvalue weighted by molar-refractivity contribution is 0.0784. The van der Waals surface area contributed by atoms with Crippen molar-refractivity contribution in [1.82, 2.24) is 9.21 Å². The van der Waals surface area contributed by atoms with Gasteiger partial charge in [-0.3, -0.25) is 4.79 Å². The summed E-state index contributed by atoms with van der Waals surface area (Å²) in [4.78, 5) is 14.6. The van der Waals surface area contributed by atoms with Crippen molar-refractivity contribution in [2.24, 2.45) is 5.92 Å². The smallest absolute Gasteiger partial charge is 0.253 e. The van der Waals surface area contributed by atoms with Crippen molar-refractivity contribution in [1.29, 1.82) is 0 Å². The molecule has 8 heteroatoms. The minimum absolute atomic E-state index is 0.215. The van der Waals surface area contributed by atoms with Gasteiger partial charge in [0.25, 0.3) is 5.91 Å². The number of hydrogen-bond acceptors (Lipinski definition) is 4. The Morgan fingerprint density at radius 1 is 1.17 bits per heavy atom. The van der Waals surface area contributed by atoms with Crippen LogP contribution in [0.1, 0.15) is 35.7 Å². The first-order valence-electron chi connectivity index (χ1n) is 9.90. The molecule has 0 N–H and O–H groups in total. The maximum atomic E-state index is 12.9. The van der Waals surface area contributed by atoms with Crippen LogP contribution in [0.5, 0.6) is 5.75 Å². The zero-order valence-corrected chi connectivity index (χ0v) is 19.0. The van der Waals surface area contributed by atoms with E-state index < -0.39 is 10.0 Å². The van der Waals surface area contributed by atoms with Crippen molar-refractivity contribution >= 4 is 27.5 Å². The number of nitrogens with zero attached hydrogens (tertiary/aromatic N) is 2. The van der Waals surface area contributed by atoms with Gasteiger partial charge in [-0.2, -0.15) is 4.31 Å². The minimum Gasteiger partial charge on any atom is -0.496 e. The highest BCUT2D eigenvalue weighted by Crippen LogP contribution is 2.26. The highest BCUT2D eigenvalue weighted by atomic mass is 35.5. The first-order chi connectivity index (χ1) is 14.2. The predicted octanol–water partition coefficient (Wildman–Crippen LogP) is 4.04. The van der Waals surface area contributed by atoms with Gasteiger partial charge in [-0.15, -0.1) is 0 Å². The van der Waals surface area contributed by atoms with E-state index in [1.54, 1.807) is 49.4 Å². The Bertz CT molecular complexity index is 1000. The average Bonchev–Trinajstić information content (AvgIpc) is 2.74. The lowest BCUT2D eigenvalue weighted by Gasteiger charge is -2.29. The van der Waals surface area contributed by atoms with Crippen LogP contribution in [-0.4, -0.2) is 50.8 Å². The van der Waals surface area contributed by atoms with Crippen molar-refractivity contribution < 1.29 is 17.9 Å². The van der Waals surface area contributed by atoms with E-state index >= 15 is 0 Å². The van der Waals surface area contributed by atoms with E-state index in [0.717, 1.165) is 18.4 Å². The SMILES string of the molecule is COc1ccc(Cl)cc1CN(C)C(=O)c1ccc(S(=O)(=O)N2CCC(C)CC2)cc1. The van der Waals surface area contributed by atoms with Gasteiger partial charge in [-0.25, -0.2) is 8.42 Å². The van der Waals surface area contributed by atoms with Gasteiger partial charge >= 0.3 is 0 Å². The van der Waals surface area contributed by atoms with E-state index in [1.165, 1.54) is 16.4 Å². The number of carbonyl (C=O) groups is 1. The van der Waals surface area contributed by atoms with E-state index in [-0.39, 0.29) is 10.8 Å². The molecule has 3 rings (SSSR count). The molecule has 2 aromatic rings. The fourth-order valence-corrected chi connectivity index (χ4v) is 5.23. The Morgan fingerprint density at radius 3 is 2.40 bits per heavy atom. The molecule has 1 saturated heterocycles. The molecule has 0 radical (unpaired) electrons. The molecule has 1 aliphatic heterocycles. The van der Waals surface area contributed by atoms with Crippen LogP contribution < -0.4 is 4.74 Å². The Labute approximate surface area is 183 Å². The normalized spacial score (nSPS) is 15.7. The Kier molecular flexibility index (Phi) is 7.06. The van der Waals surface area contributed by atoms with Gasteiger partial charge in [-0.05, 0) is 61.2 Å². The number of methoxy groups -OCH3 is 1. The summed E-state index contributed by atoms with van der Waals surface area (Å²) in [5.74, 6) is 0.981. The van der Waals surface area contributed by atoms with Crippen LogP contribution in [0.2, 0.25) is 5.02 Å². The Hall–Kier alpha value is -2.09. The highest BCUT2D eigenvalue weighted by molar-refractivity contribution is 7.89. The average molecular weight is 451 g/mol. The fraction of sp³-hybridized carbons (Fsp3) is 0.409. The summed E-state index contributed by atoms with van der Waals surface area (Å²) < 4.78 is 32.6. The van der Waals surface area contributed by atoms with Gasteiger partial charge in [0.2, 0.25) is 10.0 Å². The maximum Gasteiger partial charge on any atom is 0.253 e. The molecule has 30 heavy (non-hydrogen) atoms. The molecule has 162 valence electrons. The lowest BCUT2D eigenvalue weighted by Crippen LogP contribution is -2.37. The molecule has 1 amide bonds. The van der Waals surface area contributed by atoms with Crippen molar-refractivity contribution in [2.45, 2.75) is 31.2 Å². The monoisotopic (exact) mass is 450 g/mol. The molecular formula is C22H27ClN2O4S. The summed E-state index contributed by atoms with van der Waals surface area (Å²) in [6.45, 7) is 3.53. The molecule has 0 aliphatic carbocycles. The van der Waals surface area contributed by atoms with Crippen LogP contribution in [0.25, 0.3) is 0 Å². The number of hydrogen-bond donors (Lipinski definition) is 0. The number of benzene rings is 2. The Balaban J connectivity index is 1.72. The molecule has 0 atom stereocenters. The van der Waals surface area contributed by atoms with Crippen molar-refractivity contribution in [3.8, 4) is 5.75 Å². The second kappa shape index (κ2) is 9.37. The molecule has 1 aliphatic rings. The zero-order valence-electron chi connectivity index (χ0n) is 17.5. The van der Waals surface area contributed by atoms with Crippen LogP contribution in [0.4, 0.5) is 0 Å². The van der Waals surface area contributed by atoms with E-state index in [0.29, 0.717) is 41.9 Å². The molecule has 0 saturated carbocycles. The molecule has 0 aromatic heterocycles. The molecule has 0 bridgehead atoms. The van der Waals surface area contributed by atoms with E-state index in [1.807, 2.05) is 0 Å². The third-order valence-electron chi connectivity index (χ3n) is 5.48. The number of piperidine rings is 1. The summed E-state index contributed by atoms with van der Waals surface area (Å²) in [5, 5.41) is 0.563. The number of halogens is 1. The quantitative estimate of drug-likeness (QED) is 0.666. The number of ether oxygens (including phenoxy) is 1. The second-order valence-corrected chi connectivity index (χ2v) is 10.1. The zero-order chi connectivity index (χ0) is 21.9. The van der Waals surface area contributed by atoms with E-state index in [2.05, 4.69) is 6.92 Å².